The first kappa shape index (κ1) is 11.6. The molecule has 2 amide bonds. The molecular formula is C12H10BrN3O. The van der Waals surface area contributed by atoms with Crippen LogP contribution in [0.5, 0.6) is 0 Å². The van der Waals surface area contributed by atoms with Gasteiger partial charge in [0.05, 0.1) is 10.2 Å². The maximum absolute atomic E-state index is 11.7. The monoisotopic (exact) mass is 291 g/mol. The van der Waals surface area contributed by atoms with E-state index < -0.39 is 0 Å². The number of anilines is 2. The summed E-state index contributed by atoms with van der Waals surface area (Å²) in [7, 11) is 0. The SMILES string of the molecule is O=C(Nc1ccccc1)Nc1ccncc1Br. The number of pyridine rings is 1. The summed E-state index contributed by atoms with van der Waals surface area (Å²) in [5.74, 6) is 0. The van der Waals surface area contributed by atoms with Gasteiger partial charge in [-0.3, -0.25) is 4.98 Å². The lowest BCUT2D eigenvalue weighted by molar-refractivity contribution is 0.262. The van der Waals surface area contributed by atoms with E-state index in [2.05, 4.69) is 31.5 Å². The van der Waals surface area contributed by atoms with Crippen LogP contribution in [0.1, 0.15) is 0 Å². The van der Waals surface area contributed by atoms with E-state index >= 15 is 0 Å². The van der Waals surface area contributed by atoms with Crippen LogP contribution >= 0.6 is 15.9 Å². The van der Waals surface area contributed by atoms with Crippen LogP contribution in [0, 0.1) is 0 Å². The highest BCUT2D eigenvalue weighted by molar-refractivity contribution is 9.10. The first-order chi connectivity index (χ1) is 8.25. The molecule has 0 radical (unpaired) electrons. The van der Waals surface area contributed by atoms with E-state index in [0.717, 1.165) is 10.2 Å². The molecular weight excluding hydrogens is 282 g/mol. The Morgan fingerprint density at radius 1 is 1.12 bits per heavy atom. The zero-order chi connectivity index (χ0) is 12.1. The minimum Gasteiger partial charge on any atom is -0.308 e. The van der Waals surface area contributed by atoms with E-state index in [1.807, 2.05) is 30.3 Å². The number of hydrogen-bond acceptors (Lipinski definition) is 2. The minimum atomic E-state index is -0.289. The molecule has 2 rings (SSSR count). The number of nitrogens with zero attached hydrogens (tertiary/aromatic N) is 1. The molecule has 0 aliphatic carbocycles. The predicted octanol–water partition coefficient (Wildman–Crippen LogP) is 3.49. The van der Waals surface area contributed by atoms with Gasteiger partial charge in [-0.05, 0) is 34.1 Å². The van der Waals surface area contributed by atoms with Gasteiger partial charge in [-0.15, -0.1) is 0 Å². The van der Waals surface area contributed by atoms with Crippen LogP contribution in [-0.4, -0.2) is 11.0 Å². The van der Waals surface area contributed by atoms with Gasteiger partial charge < -0.3 is 10.6 Å². The molecule has 1 aromatic heterocycles. The standard InChI is InChI=1S/C12H10BrN3O/c13-10-8-14-7-6-11(10)16-12(17)15-9-4-2-1-3-5-9/h1-8H,(H2,14,15,16,17). The molecule has 0 aliphatic heterocycles. The zero-order valence-corrected chi connectivity index (χ0v) is 10.4. The summed E-state index contributed by atoms with van der Waals surface area (Å²) in [6, 6.07) is 10.7. The first-order valence-electron chi connectivity index (χ1n) is 4.98. The Balaban J connectivity index is 2.01. The van der Waals surface area contributed by atoms with Crippen molar-refractivity contribution in [2.24, 2.45) is 0 Å². The molecule has 2 aromatic rings. The summed E-state index contributed by atoms with van der Waals surface area (Å²) in [6.45, 7) is 0. The van der Waals surface area contributed by atoms with Crippen LogP contribution in [0.4, 0.5) is 16.2 Å². The van der Waals surface area contributed by atoms with Crippen molar-refractivity contribution in [3.8, 4) is 0 Å². The summed E-state index contributed by atoms with van der Waals surface area (Å²) in [6.07, 6.45) is 3.24. The van der Waals surface area contributed by atoms with Gasteiger partial charge in [0.25, 0.3) is 0 Å². The van der Waals surface area contributed by atoms with Crippen LogP contribution in [-0.2, 0) is 0 Å². The van der Waals surface area contributed by atoms with E-state index in [4.69, 9.17) is 0 Å². The lowest BCUT2D eigenvalue weighted by atomic mass is 10.3. The van der Waals surface area contributed by atoms with Crippen LogP contribution in [0.2, 0.25) is 0 Å². The Morgan fingerprint density at radius 3 is 2.59 bits per heavy atom. The van der Waals surface area contributed by atoms with Crippen LogP contribution in [0.15, 0.2) is 53.3 Å². The fraction of sp³-hybridized carbons (Fsp3) is 0. The second kappa shape index (κ2) is 5.45. The summed E-state index contributed by atoms with van der Waals surface area (Å²) >= 11 is 3.31. The Labute approximate surface area is 107 Å². The van der Waals surface area contributed by atoms with E-state index in [1.54, 1.807) is 18.5 Å². The molecule has 0 atom stereocenters. The molecule has 1 aromatic carbocycles. The summed E-state index contributed by atoms with van der Waals surface area (Å²) < 4.78 is 0.739. The fourth-order valence-corrected chi connectivity index (χ4v) is 1.63. The molecule has 2 N–H and O–H groups in total. The largest absolute Gasteiger partial charge is 0.323 e. The molecule has 0 saturated heterocycles. The summed E-state index contributed by atoms with van der Waals surface area (Å²) in [5.41, 5.74) is 1.42. The lowest BCUT2D eigenvalue weighted by Gasteiger charge is -2.08. The predicted molar refractivity (Wildman–Crippen MR) is 71.0 cm³/mol. The highest BCUT2D eigenvalue weighted by Gasteiger charge is 2.04. The van der Waals surface area contributed by atoms with Crippen molar-refractivity contribution in [2.45, 2.75) is 0 Å². The molecule has 4 nitrogen and oxygen atoms in total. The third-order valence-corrected chi connectivity index (χ3v) is 2.68. The fourth-order valence-electron chi connectivity index (χ4n) is 1.28. The van der Waals surface area contributed by atoms with Gasteiger partial charge in [0.15, 0.2) is 0 Å². The number of carbonyl (C=O) groups excluding carboxylic acids is 1. The van der Waals surface area contributed by atoms with E-state index in [9.17, 15) is 4.79 Å². The topological polar surface area (TPSA) is 54.0 Å². The first-order valence-corrected chi connectivity index (χ1v) is 5.77. The summed E-state index contributed by atoms with van der Waals surface area (Å²) in [5, 5.41) is 5.45. The van der Waals surface area contributed by atoms with Crippen molar-refractivity contribution < 1.29 is 4.79 Å². The zero-order valence-electron chi connectivity index (χ0n) is 8.85. The summed E-state index contributed by atoms with van der Waals surface area (Å²) in [4.78, 5) is 15.6. The number of benzene rings is 1. The van der Waals surface area contributed by atoms with Gasteiger partial charge in [-0.25, -0.2) is 4.79 Å². The van der Waals surface area contributed by atoms with Gasteiger partial charge in [-0.2, -0.15) is 0 Å². The third-order valence-electron chi connectivity index (χ3n) is 2.05. The quantitative estimate of drug-likeness (QED) is 0.890. The van der Waals surface area contributed by atoms with E-state index in [-0.39, 0.29) is 6.03 Å². The smallest absolute Gasteiger partial charge is 0.308 e. The van der Waals surface area contributed by atoms with Gasteiger partial charge in [0, 0.05) is 18.1 Å². The van der Waals surface area contributed by atoms with E-state index in [0.29, 0.717) is 5.69 Å². The minimum absolute atomic E-state index is 0.289. The Kier molecular flexibility index (Phi) is 3.72. The number of aromatic nitrogens is 1. The molecule has 5 heteroatoms. The second-order valence-corrected chi connectivity index (χ2v) is 4.16. The average Bonchev–Trinajstić information content (AvgIpc) is 2.33. The molecule has 0 unspecified atom stereocenters. The van der Waals surface area contributed by atoms with Crippen LogP contribution < -0.4 is 10.6 Å². The Bertz CT molecular complexity index is 516. The number of hydrogen-bond donors (Lipinski definition) is 2. The average molecular weight is 292 g/mol. The maximum atomic E-state index is 11.7. The number of rotatable bonds is 2. The lowest BCUT2D eigenvalue weighted by Crippen LogP contribution is -2.19. The number of urea groups is 1. The highest BCUT2D eigenvalue weighted by Crippen LogP contribution is 2.20. The normalized spacial score (nSPS) is 9.71. The Morgan fingerprint density at radius 2 is 1.88 bits per heavy atom. The van der Waals surface area contributed by atoms with Gasteiger partial charge in [0.1, 0.15) is 0 Å². The number of carbonyl (C=O) groups is 1. The van der Waals surface area contributed by atoms with Crippen molar-refractivity contribution in [3.63, 3.8) is 0 Å². The molecule has 0 fully saturated rings. The molecule has 0 bridgehead atoms. The molecule has 86 valence electrons. The Hall–Kier alpha value is -1.88. The van der Waals surface area contributed by atoms with E-state index in [1.165, 1.54) is 0 Å². The number of amides is 2. The molecule has 17 heavy (non-hydrogen) atoms. The van der Waals surface area contributed by atoms with Crippen LogP contribution in [0.3, 0.4) is 0 Å². The highest BCUT2D eigenvalue weighted by atomic mass is 79.9. The molecule has 0 spiro atoms. The van der Waals surface area contributed by atoms with Crippen molar-refractivity contribution >= 4 is 33.3 Å². The van der Waals surface area contributed by atoms with Crippen molar-refractivity contribution in [2.75, 3.05) is 10.6 Å². The van der Waals surface area contributed by atoms with Crippen molar-refractivity contribution in [1.29, 1.82) is 0 Å². The second-order valence-electron chi connectivity index (χ2n) is 3.30. The molecule has 1 heterocycles. The van der Waals surface area contributed by atoms with Crippen LogP contribution in [0.25, 0.3) is 0 Å². The number of nitrogens with one attached hydrogen (secondary N) is 2. The van der Waals surface area contributed by atoms with Gasteiger partial charge in [0.2, 0.25) is 0 Å². The van der Waals surface area contributed by atoms with Crippen molar-refractivity contribution in [1.82, 2.24) is 4.98 Å². The number of halogens is 1. The van der Waals surface area contributed by atoms with Crippen molar-refractivity contribution in [3.05, 3.63) is 53.3 Å². The third kappa shape index (κ3) is 3.29. The van der Waals surface area contributed by atoms with Gasteiger partial charge in [-0.1, -0.05) is 18.2 Å². The maximum Gasteiger partial charge on any atom is 0.323 e. The number of para-hydroxylation sites is 1. The van der Waals surface area contributed by atoms with Gasteiger partial charge >= 0.3 is 6.03 Å². The molecule has 0 saturated carbocycles. The molecule has 0 aliphatic rings.